The maximum atomic E-state index is 10.1. The molecule has 1 N–H and O–H groups in total. The van der Waals surface area contributed by atoms with Crippen LogP contribution >= 0.6 is 0 Å². The van der Waals surface area contributed by atoms with Crippen LogP contribution < -0.4 is 4.74 Å². The molecule has 1 unspecified atom stereocenters. The second-order valence-electron chi connectivity index (χ2n) is 5.60. The minimum atomic E-state index is -0.474. The largest absolute Gasteiger partial charge is 0.490 e. The van der Waals surface area contributed by atoms with Crippen LogP contribution in [0.25, 0.3) is 11.1 Å². The van der Waals surface area contributed by atoms with Crippen molar-refractivity contribution in [3.63, 3.8) is 0 Å². The van der Waals surface area contributed by atoms with Crippen molar-refractivity contribution < 1.29 is 9.84 Å². The summed E-state index contributed by atoms with van der Waals surface area (Å²) in [6, 6.07) is 7.76. The first-order chi connectivity index (χ1) is 10.8. The first-order valence-electron chi connectivity index (χ1n) is 7.70. The lowest BCUT2D eigenvalue weighted by atomic mass is 10.1. The van der Waals surface area contributed by atoms with E-state index >= 15 is 0 Å². The Bertz CT molecular complexity index is 585. The van der Waals surface area contributed by atoms with Gasteiger partial charge in [-0.25, -0.2) is 9.97 Å². The summed E-state index contributed by atoms with van der Waals surface area (Å²) in [7, 11) is 0. The maximum absolute atomic E-state index is 10.1. The van der Waals surface area contributed by atoms with Gasteiger partial charge >= 0.3 is 0 Å². The van der Waals surface area contributed by atoms with E-state index in [1.54, 1.807) is 12.4 Å². The second-order valence-corrected chi connectivity index (χ2v) is 5.60. The molecule has 1 saturated heterocycles. The van der Waals surface area contributed by atoms with E-state index in [0.29, 0.717) is 13.2 Å². The van der Waals surface area contributed by atoms with Crippen molar-refractivity contribution in [1.82, 2.24) is 14.9 Å². The Morgan fingerprint density at radius 2 is 1.86 bits per heavy atom. The van der Waals surface area contributed by atoms with E-state index in [1.165, 1.54) is 19.2 Å². The van der Waals surface area contributed by atoms with Crippen molar-refractivity contribution in [3.8, 4) is 16.9 Å². The summed E-state index contributed by atoms with van der Waals surface area (Å²) in [6.07, 6.45) is 7.01. The van der Waals surface area contributed by atoms with Gasteiger partial charge in [0.1, 0.15) is 24.8 Å². The average Bonchev–Trinajstić information content (AvgIpc) is 3.07. The van der Waals surface area contributed by atoms with E-state index in [9.17, 15) is 5.11 Å². The van der Waals surface area contributed by atoms with E-state index < -0.39 is 6.10 Å². The molecule has 1 atom stereocenters. The Kier molecular flexibility index (Phi) is 4.98. The summed E-state index contributed by atoms with van der Waals surface area (Å²) in [4.78, 5) is 10.4. The van der Waals surface area contributed by atoms with Crippen molar-refractivity contribution in [2.45, 2.75) is 18.9 Å². The van der Waals surface area contributed by atoms with Crippen LogP contribution in [0.5, 0.6) is 5.75 Å². The molecule has 0 bridgehead atoms. The average molecular weight is 299 g/mol. The highest BCUT2D eigenvalue weighted by Gasteiger charge is 2.16. The molecule has 22 heavy (non-hydrogen) atoms. The SMILES string of the molecule is OC(COc1ccccc1-c1cncnc1)CN1CCCC1. The molecule has 5 heteroatoms. The van der Waals surface area contributed by atoms with Crippen LogP contribution in [0, 0.1) is 0 Å². The molecule has 0 spiro atoms. The normalized spacial score (nSPS) is 16.6. The summed E-state index contributed by atoms with van der Waals surface area (Å²) < 4.78 is 5.83. The van der Waals surface area contributed by atoms with Gasteiger partial charge in [0.05, 0.1) is 0 Å². The molecule has 0 radical (unpaired) electrons. The van der Waals surface area contributed by atoms with Gasteiger partial charge in [-0.2, -0.15) is 0 Å². The quantitative estimate of drug-likeness (QED) is 0.884. The molecule has 2 heterocycles. The van der Waals surface area contributed by atoms with Crippen molar-refractivity contribution in [2.24, 2.45) is 0 Å². The van der Waals surface area contributed by atoms with Crippen LogP contribution in [0.2, 0.25) is 0 Å². The van der Waals surface area contributed by atoms with Crippen LogP contribution in [0.15, 0.2) is 43.0 Å². The van der Waals surface area contributed by atoms with Crippen LogP contribution in [-0.2, 0) is 0 Å². The van der Waals surface area contributed by atoms with Crippen LogP contribution in [0.3, 0.4) is 0 Å². The van der Waals surface area contributed by atoms with Gasteiger partial charge < -0.3 is 14.7 Å². The summed E-state index contributed by atoms with van der Waals surface area (Å²) in [5, 5.41) is 10.1. The van der Waals surface area contributed by atoms with Crippen LogP contribution in [-0.4, -0.2) is 52.3 Å². The number of nitrogens with zero attached hydrogens (tertiary/aromatic N) is 3. The van der Waals surface area contributed by atoms with Gasteiger partial charge in [-0.3, -0.25) is 0 Å². The van der Waals surface area contributed by atoms with Crippen molar-refractivity contribution in [2.75, 3.05) is 26.2 Å². The van der Waals surface area contributed by atoms with Gasteiger partial charge in [0.25, 0.3) is 0 Å². The lowest BCUT2D eigenvalue weighted by Gasteiger charge is -2.20. The molecule has 5 nitrogen and oxygen atoms in total. The smallest absolute Gasteiger partial charge is 0.127 e. The zero-order valence-electron chi connectivity index (χ0n) is 12.6. The fraction of sp³-hybridized carbons (Fsp3) is 0.412. The number of hydrogen-bond donors (Lipinski definition) is 1. The molecule has 0 aliphatic carbocycles. The molecule has 1 aromatic carbocycles. The first-order valence-corrected chi connectivity index (χ1v) is 7.70. The van der Waals surface area contributed by atoms with Crippen molar-refractivity contribution >= 4 is 0 Å². The molecule has 116 valence electrons. The Labute approximate surface area is 130 Å². The predicted octanol–water partition coefficient (Wildman–Crippen LogP) is 1.98. The van der Waals surface area contributed by atoms with Crippen LogP contribution in [0.1, 0.15) is 12.8 Å². The van der Waals surface area contributed by atoms with E-state index in [1.807, 2.05) is 24.3 Å². The van der Waals surface area contributed by atoms with E-state index in [4.69, 9.17) is 4.74 Å². The Hall–Kier alpha value is -1.98. The highest BCUT2D eigenvalue weighted by molar-refractivity contribution is 5.68. The Morgan fingerprint density at radius 3 is 2.64 bits per heavy atom. The molecular weight excluding hydrogens is 278 g/mol. The third kappa shape index (κ3) is 3.81. The molecule has 1 aliphatic rings. The molecule has 1 aliphatic heterocycles. The number of aliphatic hydroxyl groups excluding tert-OH is 1. The van der Waals surface area contributed by atoms with Crippen molar-refractivity contribution in [3.05, 3.63) is 43.0 Å². The number of rotatable bonds is 6. The molecule has 0 amide bonds. The fourth-order valence-corrected chi connectivity index (χ4v) is 2.77. The van der Waals surface area contributed by atoms with Crippen LogP contribution in [0.4, 0.5) is 0 Å². The number of para-hydroxylation sites is 1. The number of ether oxygens (including phenoxy) is 1. The monoisotopic (exact) mass is 299 g/mol. The van der Waals surface area contributed by atoms with Gasteiger partial charge in [-0.15, -0.1) is 0 Å². The van der Waals surface area contributed by atoms with E-state index in [0.717, 1.165) is 30.0 Å². The number of β-amino-alcohol motifs (C(OH)–C–C–N with tert-alkyl or cyclic N) is 1. The van der Waals surface area contributed by atoms with Crippen molar-refractivity contribution in [1.29, 1.82) is 0 Å². The summed E-state index contributed by atoms with van der Waals surface area (Å²) in [5.74, 6) is 0.748. The molecule has 2 aromatic rings. The number of likely N-dealkylation sites (tertiary alicyclic amines) is 1. The molecule has 0 saturated carbocycles. The van der Waals surface area contributed by atoms with E-state index in [2.05, 4.69) is 14.9 Å². The minimum absolute atomic E-state index is 0.293. The second kappa shape index (κ2) is 7.33. The number of benzene rings is 1. The fourth-order valence-electron chi connectivity index (χ4n) is 2.77. The molecule has 3 rings (SSSR count). The standard InChI is InChI=1S/C17H21N3O2/c21-15(11-20-7-3-4-8-20)12-22-17-6-2-1-5-16(17)14-9-18-13-19-10-14/h1-2,5-6,9-10,13,15,21H,3-4,7-8,11-12H2. The lowest BCUT2D eigenvalue weighted by molar-refractivity contribution is 0.0760. The topological polar surface area (TPSA) is 58.5 Å². The Morgan fingerprint density at radius 1 is 1.14 bits per heavy atom. The number of aromatic nitrogens is 2. The van der Waals surface area contributed by atoms with Gasteiger partial charge in [-0.1, -0.05) is 18.2 Å². The van der Waals surface area contributed by atoms with Gasteiger partial charge in [0.15, 0.2) is 0 Å². The minimum Gasteiger partial charge on any atom is -0.490 e. The lowest BCUT2D eigenvalue weighted by Crippen LogP contribution is -2.33. The molecule has 1 aromatic heterocycles. The van der Waals surface area contributed by atoms with Gasteiger partial charge in [0.2, 0.25) is 0 Å². The maximum Gasteiger partial charge on any atom is 0.127 e. The molecule has 1 fully saturated rings. The third-order valence-corrected chi connectivity index (χ3v) is 3.86. The number of aliphatic hydroxyl groups is 1. The summed E-state index contributed by atoms with van der Waals surface area (Å²) >= 11 is 0. The predicted molar refractivity (Wildman–Crippen MR) is 84.6 cm³/mol. The van der Waals surface area contributed by atoms with E-state index in [-0.39, 0.29) is 0 Å². The third-order valence-electron chi connectivity index (χ3n) is 3.86. The summed E-state index contributed by atoms with van der Waals surface area (Å²) in [6.45, 7) is 3.13. The zero-order chi connectivity index (χ0) is 15.2. The summed E-state index contributed by atoms with van der Waals surface area (Å²) in [5.41, 5.74) is 1.85. The van der Waals surface area contributed by atoms with Gasteiger partial charge in [-0.05, 0) is 32.0 Å². The zero-order valence-corrected chi connectivity index (χ0v) is 12.6. The first kappa shape index (κ1) is 14.9. The highest BCUT2D eigenvalue weighted by Crippen LogP contribution is 2.28. The van der Waals surface area contributed by atoms with Gasteiger partial charge in [0, 0.05) is 30.1 Å². The highest BCUT2D eigenvalue weighted by atomic mass is 16.5. The number of hydrogen-bond acceptors (Lipinski definition) is 5. The Balaban J connectivity index is 1.63. The molecular formula is C17H21N3O2.